The summed E-state index contributed by atoms with van der Waals surface area (Å²) in [6.45, 7) is 0.121. The average Bonchev–Trinajstić information content (AvgIpc) is 2.75. The Labute approximate surface area is 177 Å². The lowest BCUT2D eigenvalue weighted by molar-refractivity contribution is -0.139. The number of benzene rings is 2. The second-order valence-electron chi connectivity index (χ2n) is 6.30. The summed E-state index contributed by atoms with van der Waals surface area (Å²) in [5.41, 5.74) is 1.21. The van der Waals surface area contributed by atoms with Crippen LogP contribution in [0.25, 0.3) is 6.08 Å². The molecule has 0 N–H and O–H groups in total. The van der Waals surface area contributed by atoms with Crippen LogP contribution in [0.3, 0.4) is 0 Å². The topological polar surface area (TPSA) is 68.2 Å². The molecule has 1 aliphatic heterocycles. The number of methoxy groups -OCH3 is 2. The lowest BCUT2D eigenvalue weighted by Gasteiger charge is -2.28. The number of hydrazone groups is 1. The van der Waals surface area contributed by atoms with Crippen molar-refractivity contribution in [1.29, 1.82) is 0 Å². The Hall–Kier alpha value is -3.25. The second kappa shape index (κ2) is 9.50. The molecule has 8 heteroatoms. The van der Waals surface area contributed by atoms with Gasteiger partial charge in [-0.2, -0.15) is 5.10 Å². The fraction of sp³-hybridized carbons (Fsp3) is 0.182. The minimum atomic E-state index is -1.19. The van der Waals surface area contributed by atoms with Gasteiger partial charge in [0.05, 0.1) is 13.7 Å². The number of amides is 1. The van der Waals surface area contributed by atoms with Crippen molar-refractivity contribution < 1.29 is 23.5 Å². The summed E-state index contributed by atoms with van der Waals surface area (Å²) in [6, 6.07) is 11.3. The molecule has 0 spiro atoms. The molecule has 0 saturated carbocycles. The summed E-state index contributed by atoms with van der Waals surface area (Å²) >= 11 is 5.87. The SMILES string of the molecule is COc1ccc(C2=NN(CC=Cc3ccc(Cl)cc3)C(=O)C(OC)C2=C=O)cc1F. The molecular formula is C22H18ClFN2O4. The molecule has 0 bridgehead atoms. The lowest BCUT2D eigenvalue weighted by Crippen LogP contribution is -2.45. The molecule has 154 valence electrons. The lowest BCUT2D eigenvalue weighted by atomic mass is 9.97. The van der Waals surface area contributed by atoms with Crippen molar-refractivity contribution in [2.45, 2.75) is 6.10 Å². The average molecular weight is 429 g/mol. The van der Waals surface area contributed by atoms with Crippen molar-refractivity contribution in [3.8, 4) is 5.75 Å². The third kappa shape index (κ3) is 4.49. The standard InChI is InChI=1S/C22H18ClFN2O4/c1-29-19-10-7-15(12-18(19)24)20-17(13-27)21(30-2)22(28)26(25-20)11-3-4-14-5-8-16(23)9-6-14/h3-10,12,21H,11H2,1-2H3. The van der Waals surface area contributed by atoms with Crippen LogP contribution in [0.15, 0.2) is 59.2 Å². The molecule has 6 nitrogen and oxygen atoms in total. The number of carbonyl (C=O) groups excluding carboxylic acids is 2. The number of halogens is 2. The number of carbonyl (C=O) groups is 1. The van der Waals surface area contributed by atoms with Crippen LogP contribution in [0.1, 0.15) is 11.1 Å². The third-order valence-corrected chi connectivity index (χ3v) is 4.70. The third-order valence-electron chi connectivity index (χ3n) is 4.45. The smallest absolute Gasteiger partial charge is 0.277 e. The van der Waals surface area contributed by atoms with Gasteiger partial charge in [0.15, 0.2) is 17.7 Å². The predicted molar refractivity (Wildman–Crippen MR) is 112 cm³/mol. The molecule has 0 saturated heterocycles. The van der Waals surface area contributed by atoms with Gasteiger partial charge in [0, 0.05) is 17.7 Å². The number of ether oxygens (including phenoxy) is 2. The molecule has 30 heavy (non-hydrogen) atoms. The summed E-state index contributed by atoms with van der Waals surface area (Å²) < 4.78 is 24.3. The number of nitrogens with zero attached hydrogens (tertiary/aromatic N) is 2. The summed E-state index contributed by atoms with van der Waals surface area (Å²) in [5, 5.41) is 6.05. The minimum absolute atomic E-state index is 0.0499. The first-order chi connectivity index (χ1) is 14.5. The maximum absolute atomic E-state index is 14.2. The summed E-state index contributed by atoms with van der Waals surface area (Å²) in [6.07, 6.45) is 2.35. The van der Waals surface area contributed by atoms with E-state index in [1.54, 1.807) is 36.3 Å². The van der Waals surface area contributed by atoms with E-state index in [0.717, 1.165) is 5.56 Å². The number of hydrogen-bond donors (Lipinski definition) is 0. The number of hydrogen-bond acceptors (Lipinski definition) is 5. The molecule has 0 fully saturated rings. The van der Waals surface area contributed by atoms with Crippen molar-refractivity contribution in [3.63, 3.8) is 0 Å². The van der Waals surface area contributed by atoms with Gasteiger partial charge in [0.25, 0.3) is 5.91 Å². The summed E-state index contributed by atoms with van der Waals surface area (Å²) in [4.78, 5) is 24.3. The Kier molecular flexibility index (Phi) is 6.79. The van der Waals surface area contributed by atoms with Crippen molar-refractivity contribution in [2.75, 3.05) is 20.8 Å². The van der Waals surface area contributed by atoms with Gasteiger partial charge in [-0.3, -0.25) is 4.79 Å². The summed E-state index contributed by atoms with van der Waals surface area (Å²) in [5.74, 6) is 0.627. The fourth-order valence-corrected chi connectivity index (χ4v) is 3.07. The van der Waals surface area contributed by atoms with Crippen LogP contribution in [0.2, 0.25) is 5.02 Å². The molecule has 0 aliphatic carbocycles. The van der Waals surface area contributed by atoms with Gasteiger partial charge in [-0.25, -0.2) is 14.2 Å². The predicted octanol–water partition coefficient (Wildman–Crippen LogP) is 3.52. The molecule has 3 rings (SSSR count). The van der Waals surface area contributed by atoms with Gasteiger partial charge in [0.1, 0.15) is 17.2 Å². The molecule has 1 aliphatic rings. The van der Waals surface area contributed by atoms with Crippen LogP contribution in [-0.2, 0) is 14.3 Å². The van der Waals surface area contributed by atoms with Gasteiger partial charge in [-0.1, -0.05) is 35.9 Å². The minimum Gasteiger partial charge on any atom is -0.494 e. The van der Waals surface area contributed by atoms with Gasteiger partial charge in [-0.05, 0) is 35.9 Å². The molecular weight excluding hydrogens is 411 g/mol. The van der Waals surface area contributed by atoms with Crippen LogP contribution in [-0.4, -0.2) is 49.4 Å². The Morgan fingerprint density at radius 3 is 2.57 bits per heavy atom. The maximum atomic E-state index is 14.2. The van der Waals surface area contributed by atoms with Crippen molar-refractivity contribution in [3.05, 3.63) is 76.1 Å². The zero-order chi connectivity index (χ0) is 21.7. The Bertz CT molecular complexity index is 1060. The Morgan fingerprint density at radius 1 is 1.23 bits per heavy atom. The van der Waals surface area contributed by atoms with Crippen LogP contribution in [0.4, 0.5) is 4.39 Å². The molecule has 1 unspecified atom stereocenters. The Morgan fingerprint density at radius 2 is 1.97 bits per heavy atom. The number of rotatable bonds is 6. The van der Waals surface area contributed by atoms with E-state index in [1.807, 2.05) is 12.1 Å². The largest absolute Gasteiger partial charge is 0.494 e. The normalized spacial score (nSPS) is 16.6. The zero-order valence-electron chi connectivity index (χ0n) is 16.3. The highest BCUT2D eigenvalue weighted by Crippen LogP contribution is 2.25. The van der Waals surface area contributed by atoms with Crippen molar-refractivity contribution >= 4 is 35.2 Å². The first-order valence-corrected chi connectivity index (χ1v) is 9.30. The van der Waals surface area contributed by atoms with Gasteiger partial charge in [0.2, 0.25) is 0 Å². The fourth-order valence-electron chi connectivity index (χ4n) is 2.95. The van der Waals surface area contributed by atoms with E-state index >= 15 is 0 Å². The molecule has 1 heterocycles. The van der Waals surface area contributed by atoms with E-state index in [0.29, 0.717) is 10.6 Å². The highest BCUT2D eigenvalue weighted by Gasteiger charge is 2.37. The monoisotopic (exact) mass is 428 g/mol. The molecule has 0 aromatic heterocycles. The van der Waals surface area contributed by atoms with E-state index in [1.165, 1.54) is 31.4 Å². The maximum Gasteiger partial charge on any atom is 0.277 e. The molecule has 1 amide bonds. The van der Waals surface area contributed by atoms with E-state index in [4.69, 9.17) is 21.1 Å². The van der Waals surface area contributed by atoms with E-state index < -0.39 is 17.8 Å². The molecule has 2 aromatic carbocycles. The van der Waals surface area contributed by atoms with Crippen LogP contribution >= 0.6 is 11.6 Å². The van der Waals surface area contributed by atoms with Gasteiger partial charge in [-0.15, -0.1) is 0 Å². The molecule has 2 aromatic rings. The zero-order valence-corrected chi connectivity index (χ0v) is 17.0. The first-order valence-electron chi connectivity index (χ1n) is 8.92. The highest BCUT2D eigenvalue weighted by atomic mass is 35.5. The molecule has 0 radical (unpaired) electrons. The Balaban J connectivity index is 1.94. The van der Waals surface area contributed by atoms with E-state index in [2.05, 4.69) is 5.10 Å². The second-order valence-corrected chi connectivity index (χ2v) is 6.74. The van der Waals surface area contributed by atoms with Gasteiger partial charge < -0.3 is 9.47 Å². The van der Waals surface area contributed by atoms with Crippen molar-refractivity contribution in [2.24, 2.45) is 5.10 Å². The van der Waals surface area contributed by atoms with E-state index in [9.17, 15) is 14.0 Å². The highest BCUT2D eigenvalue weighted by molar-refractivity contribution is 6.30. The first kappa shape index (κ1) is 21.5. The van der Waals surface area contributed by atoms with E-state index in [-0.39, 0.29) is 23.6 Å². The van der Waals surface area contributed by atoms with Crippen LogP contribution < -0.4 is 4.74 Å². The van der Waals surface area contributed by atoms with Crippen molar-refractivity contribution in [1.82, 2.24) is 5.01 Å². The van der Waals surface area contributed by atoms with Crippen LogP contribution in [0.5, 0.6) is 5.75 Å². The quantitative estimate of drug-likeness (QED) is 0.660. The van der Waals surface area contributed by atoms with Gasteiger partial charge >= 0.3 is 0 Å². The van der Waals surface area contributed by atoms with Crippen LogP contribution in [0, 0.1) is 5.82 Å². The molecule has 1 atom stereocenters. The summed E-state index contributed by atoms with van der Waals surface area (Å²) in [7, 11) is 2.65.